The molecule has 1 aliphatic heterocycles. The number of guanidine groups is 1. The minimum absolute atomic E-state index is 0.293. The van der Waals surface area contributed by atoms with E-state index in [4.69, 9.17) is 9.73 Å². The van der Waals surface area contributed by atoms with Gasteiger partial charge in [-0.1, -0.05) is 43.2 Å². The normalized spacial score (nSPS) is 18.4. The Hall–Kier alpha value is -2.12. The van der Waals surface area contributed by atoms with Gasteiger partial charge in [0.25, 0.3) is 0 Å². The molecule has 31 heavy (non-hydrogen) atoms. The Kier molecular flexibility index (Phi) is 10.1. The zero-order chi connectivity index (χ0) is 21.7. The van der Waals surface area contributed by atoms with Crippen molar-refractivity contribution in [2.45, 2.75) is 39.2 Å². The molecule has 2 aliphatic rings. The van der Waals surface area contributed by atoms with E-state index in [1.165, 1.54) is 18.4 Å². The van der Waals surface area contributed by atoms with Crippen molar-refractivity contribution in [1.82, 2.24) is 20.4 Å². The number of rotatable bonds is 10. The smallest absolute Gasteiger partial charge is 0.225 e. The van der Waals surface area contributed by atoms with E-state index in [0.29, 0.717) is 25.0 Å². The highest BCUT2D eigenvalue weighted by atomic mass is 16.5. The molecule has 1 aromatic rings. The average molecular weight is 430 g/mol. The Morgan fingerprint density at radius 3 is 2.55 bits per heavy atom. The van der Waals surface area contributed by atoms with Crippen LogP contribution in [-0.4, -0.2) is 80.6 Å². The lowest BCUT2D eigenvalue weighted by molar-refractivity contribution is -0.137. The molecule has 0 radical (unpaired) electrons. The van der Waals surface area contributed by atoms with E-state index in [0.717, 1.165) is 71.2 Å². The van der Waals surface area contributed by atoms with E-state index in [9.17, 15) is 4.79 Å². The van der Waals surface area contributed by atoms with Crippen LogP contribution in [0.25, 0.3) is 0 Å². The van der Waals surface area contributed by atoms with Gasteiger partial charge in [0, 0.05) is 51.7 Å². The molecule has 0 atom stereocenters. The summed E-state index contributed by atoms with van der Waals surface area (Å²) in [5, 5.41) is 6.63. The lowest BCUT2D eigenvalue weighted by Gasteiger charge is -2.35. The third-order valence-electron chi connectivity index (χ3n) is 6.07. The van der Waals surface area contributed by atoms with E-state index in [1.54, 1.807) is 0 Å². The van der Waals surface area contributed by atoms with Crippen LogP contribution in [0.5, 0.6) is 0 Å². The Morgan fingerprint density at radius 2 is 1.84 bits per heavy atom. The molecule has 2 N–H and O–H groups in total. The van der Waals surface area contributed by atoms with Gasteiger partial charge < -0.3 is 20.3 Å². The number of aliphatic imine (C=N–C) groups is 1. The molecule has 7 nitrogen and oxygen atoms in total. The lowest BCUT2D eigenvalue weighted by Crippen LogP contribution is -2.50. The van der Waals surface area contributed by atoms with Crippen LogP contribution in [0, 0.1) is 5.92 Å². The molecular formula is C24H39N5O2. The summed E-state index contributed by atoms with van der Waals surface area (Å²) < 4.78 is 5.73. The fourth-order valence-electron chi connectivity index (χ4n) is 4.27. The summed E-state index contributed by atoms with van der Waals surface area (Å²) in [5.41, 5.74) is 1.19. The van der Waals surface area contributed by atoms with Crippen LogP contribution in [0.1, 0.15) is 38.2 Å². The number of hydrogen-bond donors (Lipinski definition) is 2. The number of amides is 1. The van der Waals surface area contributed by atoms with E-state index < -0.39 is 0 Å². The molecular weight excluding hydrogens is 390 g/mol. The van der Waals surface area contributed by atoms with Gasteiger partial charge >= 0.3 is 0 Å². The molecule has 3 rings (SSSR count). The number of carbonyl (C=O) groups excluding carboxylic acids is 1. The topological polar surface area (TPSA) is 69.2 Å². The molecule has 0 bridgehead atoms. The van der Waals surface area contributed by atoms with Gasteiger partial charge in [0.15, 0.2) is 5.96 Å². The van der Waals surface area contributed by atoms with Crippen LogP contribution in [0.15, 0.2) is 35.3 Å². The van der Waals surface area contributed by atoms with E-state index in [2.05, 4.69) is 39.5 Å². The first-order valence-electron chi connectivity index (χ1n) is 11.9. The molecule has 7 heteroatoms. The predicted octanol–water partition coefficient (Wildman–Crippen LogP) is 2.09. The summed E-state index contributed by atoms with van der Waals surface area (Å²) in [5.74, 6) is 1.52. The van der Waals surface area contributed by atoms with Gasteiger partial charge in [0.05, 0.1) is 19.8 Å². The van der Waals surface area contributed by atoms with Crippen molar-refractivity contribution in [1.29, 1.82) is 0 Å². The van der Waals surface area contributed by atoms with Gasteiger partial charge in [-0.2, -0.15) is 0 Å². The number of nitrogens with zero attached hydrogens (tertiary/aromatic N) is 3. The van der Waals surface area contributed by atoms with Crippen LogP contribution in [0.2, 0.25) is 0 Å². The summed E-state index contributed by atoms with van der Waals surface area (Å²) in [6.45, 7) is 10.2. The number of nitrogens with one attached hydrogen (secondary N) is 2. The van der Waals surface area contributed by atoms with Crippen molar-refractivity contribution in [3.05, 3.63) is 35.9 Å². The van der Waals surface area contributed by atoms with E-state index in [-0.39, 0.29) is 0 Å². The lowest BCUT2D eigenvalue weighted by atomic mass is 10.1. The highest BCUT2D eigenvalue weighted by Crippen LogP contribution is 2.26. The highest BCUT2D eigenvalue weighted by Gasteiger charge is 2.29. The zero-order valence-electron chi connectivity index (χ0n) is 19.0. The number of hydrogen-bond acceptors (Lipinski definition) is 4. The van der Waals surface area contributed by atoms with Crippen molar-refractivity contribution in [2.24, 2.45) is 10.9 Å². The second-order valence-corrected chi connectivity index (χ2v) is 8.37. The average Bonchev–Trinajstić information content (AvgIpc) is 3.34. The van der Waals surface area contributed by atoms with Crippen LogP contribution in [0.3, 0.4) is 0 Å². The van der Waals surface area contributed by atoms with Crippen molar-refractivity contribution in [3.8, 4) is 0 Å². The summed E-state index contributed by atoms with van der Waals surface area (Å²) >= 11 is 0. The van der Waals surface area contributed by atoms with Crippen molar-refractivity contribution in [3.63, 3.8) is 0 Å². The monoisotopic (exact) mass is 429 g/mol. The fourth-order valence-corrected chi connectivity index (χ4v) is 4.27. The third kappa shape index (κ3) is 8.15. The number of piperazine rings is 1. The van der Waals surface area contributed by atoms with Crippen LogP contribution in [-0.2, 0) is 16.1 Å². The van der Waals surface area contributed by atoms with Crippen LogP contribution >= 0.6 is 0 Å². The maximum absolute atomic E-state index is 12.6. The van der Waals surface area contributed by atoms with Crippen molar-refractivity contribution in [2.75, 3.05) is 59.0 Å². The molecule has 1 aliphatic carbocycles. The maximum atomic E-state index is 12.6. The second-order valence-electron chi connectivity index (χ2n) is 8.37. The van der Waals surface area contributed by atoms with Gasteiger partial charge in [-0.3, -0.25) is 14.7 Å². The molecule has 0 aromatic heterocycles. The van der Waals surface area contributed by atoms with Crippen LogP contribution < -0.4 is 10.6 Å². The number of ether oxygens (including phenoxy) is 1. The quantitative estimate of drug-likeness (QED) is 0.339. The zero-order valence-corrected chi connectivity index (χ0v) is 19.0. The summed E-state index contributed by atoms with van der Waals surface area (Å²) in [7, 11) is 0. The van der Waals surface area contributed by atoms with Crippen LogP contribution in [0.4, 0.5) is 0 Å². The molecule has 0 unspecified atom stereocenters. The predicted molar refractivity (Wildman–Crippen MR) is 125 cm³/mol. The highest BCUT2D eigenvalue weighted by molar-refractivity contribution is 5.80. The molecule has 0 spiro atoms. The first kappa shape index (κ1) is 23.5. The molecule has 172 valence electrons. The maximum Gasteiger partial charge on any atom is 0.225 e. The standard InChI is InChI=1S/C24H39N5O2/c1-2-25-24(27-13-19-31-20-21-8-4-3-5-9-21)26-12-14-28-15-17-29(18-16-28)23(30)22-10-6-7-11-22/h3-5,8-9,22H,2,6-7,10-20H2,1H3,(H2,25,26,27). The minimum Gasteiger partial charge on any atom is -0.375 e. The summed E-state index contributed by atoms with van der Waals surface area (Å²) in [6, 6.07) is 10.2. The Bertz CT molecular complexity index is 668. The second kappa shape index (κ2) is 13.3. The molecule has 1 aromatic carbocycles. The van der Waals surface area contributed by atoms with Gasteiger partial charge in [-0.15, -0.1) is 0 Å². The summed E-state index contributed by atoms with van der Waals surface area (Å²) in [6.07, 6.45) is 4.61. The summed E-state index contributed by atoms with van der Waals surface area (Å²) in [4.78, 5) is 21.8. The molecule has 2 fully saturated rings. The number of carbonyl (C=O) groups is 1. The van der Waals surface area contributed by atoms with Crippen molar-refractivity contribution < 1.29 is 9.53 Å². The van der Waals surface area contributed by atoms with Gasteiger partial charge in [0.2, 0.25) is 5.91 Å². The first-order chi connectivity index (χ1) is 15.3. The van der Waals surface area contributed by atoms with E-state index >= 15 is 0 Å². The molecule has 1 amide bonds. The minimum atomic E-state index is 0.293. The van der Waals surface area contributed by atoms with E-state index in [1.807, 2.05) is 18.2 Å². The van der Waals surface area contributed by atoms with Gasteiger partial charge in [-0.25, -0.2) is 0 Å². The molecule has 1 saturated carbocycles. The Morgan fingerprint density at radius 1 is 1.10 bits per heavy atom. The Labute approximate surface area is 187 Å². The first-order valence-corrected chi connectivity index (χ1v) is 11.9. The SMILES string of the molecule is CCNC(=NCCN1CCN(C(=O)C2CCCC2)CC1)NCCOCc1ccccc1. The molecule has 1 heterocycles. The Balaban J connectivity index is 1.29. The molecule has 1 saturated heterocycles. The van der Waals surface area contributed by atoms with Gasteiger partial charge in [-0.05, 0) is 25.3 Å². The van der Waals surface area contributed by atoms with Crippen molar-refractivity contribution >= 4 is 11.9 Å². The number of benzene rings is 1. The third-order valence-corrected chi connectivity index (χ3v) is 6.07. The fraction of sp³-hybridized carbons (Fsp3) is 0.667. The largest absolute Gasteiger partial charge is 0.375 e. The van der Waals surface area contributed by atoms with Gasteiger partial charge in [0.1, 0.15) is 0 Å².